The molecule has 0 nitrogen and oxygen atoms in total. The zero-order valence-corrected chi connectivity index (χ0v) is 8.49. The quantitative estimate of drug-likeness (QED) is 0.542. The monoisotopic (exact) mass is 162 g/mol. The Morgan fingerprint density at radius 3 is 1.45 bits per heavy atom. The van der Waals surface area contributed by atoms with Crippen molar-refractivity contribution in [1.82, 2.24) is 0 Å². The molecule has 1 heteroatoms. The molecule has 1 rings (SSSR count). The average molecular weight is 162 g/mol. The van der Waals surface area contributed by atoms with Crippen molar-refractivity contribution in [2.45, 2.75) is 52.9 Å². The second-order valence-corrected chi connectivity index (χ2v) is 2.91. The van der Waals surface area contributed by atoms with Crippen molar-refractivity contribution in [3.05, 3.63) is 0 Å². The Labute approximate surface area is 71.2 Å². The first-order valence-corrected chi connectivity index (χ1v) is 4.72. The van der Waals surface area contributed by atoms with E-state index in [1.54, 1.807) is 0 Å². The summed E-state index contributed by atoms with van der Waals surface area (Å²) in [5.41, 5.74) is 0. The van der Waals surface area contributed by atoms with Crippen LogP contribution < -0.4 is 0 Å². The maximum atomic E-state index is 9.50. The summed E-state index contributed by atoms with van der Waals surface area (Å²) in [6, 6.07) is 0. The molecule has 1 fully saturated rings. The van der Waals surface area contributed by atoms with Gasteiger partial charge in [-0.25, -0.2) is 0 Å². The van der Waals surface area contributed by atoms with Gasteiger partial charge in [-0.2, -0.15) is 0 Å². The number of hydrogen-bond donors (Lipinski definition) is 0. The van der Waals surface area contributed by atoms with Gasteiger partial charge in [0.15, 0.2) is 0 Å². The van der Waals surface area contributed by atoms with Crippen LogP contribution in [0.15, 0.2) is 0 Å². The molecular weight excluding hydrogens is 139 g/mol. The van der Waals surface area contributed by atoms with Crippen LogP contribution in [0.1, 0.15) is 52.9 Å². The molecule has 1 aliphatic rings. The maximum absolute atomic E-state index is 9.50. The molecule has 70 valence electrons. The topological polar surface area (TPSA) is 0 Å². The van der Waals surface area contributed by atoms with Gasteiger partial charge in [-0.1, -0.05) is 52.9 Å². The molecule has 0 aromatic rings. The van der Waals surface area contributed by atoms with E-state index in [1.165, 1.54) is 32.1 Å². The molecular formula is C10H23F. The summed E-state index contributed by atoms with van der Waals surface area (Å²) in [6.45, 7) is 6.53. The molecule has 0 saturated heterocycles. The van der Waals surface area contributed by atoms with Gasteiger partial charge in [-0.3, -0.25) is 4.39 Å². The van der Waals surface area contributed by atoms with Crippen LogP contribution in [0.25, 0.3) is 0 Å². The Morgan fingerprint density at radius 2 is 1.45 bits per heavy atom. The minimum absolute atomic E-state index is 0.500. The van der Waals surface area contributed by atoms with Crippen LogP contribution >= 0.6 is 0 Å². The lowest BCUT2D eigenvalue weighted by Gasteiger charge is -2.22. The highest BCUT2D eigenvalue weighted by Crippen LogP contribution is 2.28. The molecule has 11 heavy (non-hydrogen) atoms. The normalized spacial score (nSPS) is 15.0. The summed E-state index contributed by atoms with van der Waals surface area (Å²) in [4.78, 5) is 0. The van der Waals surface area contributed by atoms with Crippen LogP contribution in [0.2, 0.25) is 0 Å². The highest BCUT2D eigenvalue weighted by Gasteiger charge is 2.13. The summed E-state index contributed by atoms with van der Waals surface area (Å²) < 4.78 is 9.50. The van der Waals surface area contributed by atoms with Gasteiger partial charge >= 0.3 is 0 Å². The lowest BCUT2D eigenvalue weighted by Crippen LogP contribution is -2.08. The van der Waals surface area contributed by atoms with E-state index < -0.39 is 0 Å². The van der Waals surface area contributed by atoms with E-state index in [-0.39, 0.29) is 0 Å². The van der Waals surface area contributed by atoms with E-state index in [9.17, 15) is 4.39 Å². The predicted molar refractivity (Wildman–Crippen MR) is 50.6 cm³/mol. The fraction of sp³-hybridized carbons (Fsp3) is 1.00. The third-order valence-electron chi connectivity index (χ3n) is 1.80. The van der Waals surface area contributed by atoms with Crippen molar-refractivity contribution in [3.63, 3.8) is 0 Å². The van der Waals surface area contributed by atoms with Gasteiger partial charge in [0.25, 0.3) is 0 Å². The van der Waals surface area contributed by atoms with Crippen LogP contribution in [0, 0.1) is 5.92 Å². The second-order valence-electron chi connectivity index (χ2n) is 2.91. The van der Waals surface area contributed by atoms with Crippen LogP contribution in [0.5, 0.6) is 0 Å². The standard InChI is InChI=1S/C6H12.C3H8.CH3F/c1-2-6-4-3-5-6;1-3-2;1-2/h6H,2-5H2,1H3;3H2,1-2H3;1H3. The summed E-state index contributed by atoms with van der Waals surface area (Å²) in [6.07, 6.45) is 7.19. The Kier molecular flexibility index (Phi) is 15.5. The summed E-state index contributed by atoms with van der Waals surface area (Å²) in [7, 11) is 0.500. The van der Waals surface area contributed by atoms with E-state index in [4.69, 9.17) is 0 Å². The van der Waals surface area contributed by atoms with Gasteiger partial charge in [0.05, 0.1) is 7.18 Å². The van der Waals surface area contributed by atoms with Crippen molar-refractivity contribution in [2.75, 3.05) is 7.18 Å². The first-order chi connectivity index (χ1) is 5.35. The molecule has 1 aliphatic carbocycles. The van der Waals surface area contributed by atoms with E-state index in [1.807, 2.05) is 0 Å². The van der Waals surface area contributed by atoms with Gasteiger partial charge in [0.1, 0.15) is 0 Å². The number of rotatable bonds is 1. The van der Waals surface area contributed by atoms with E-state index >= 15 is 0 Å². The van der Waals surface area contributed by atoms with Crippen molar-refractivity contribution < 1.29 is 4.39 Å². The van der Waals surface area contributed by atoms with Gasteiger partial charge in [0.2, 0.25) is 0 Å². The summed E-state index contributed by atoms with van der Waals surface area (Å²) >= 11 is 0. The lowest BCUT2D eigenvalue weighted by molar-refractivity contribution is 0.307. The Balaban J connectivity index is 0. The number of halogens is 1. The first kappa shape index (κ1) is 13.5. The zero-order chi connectivity index (χ0) is 9.11. The van der Waals surface area contributed by atoms with Gasteiger partial charge in [-0.05, 0) is 5.92 Å². The average Bonchev–Trinajstić information content (AvgIpc) is 1.91. The molecule has 1 saturated carbocycles. The third kappa shape index (κ3) is 9.93. The lowest BCUT2D eigenvalue weighted by atomic mass is 9.84. The predicted octanol–water partition coefficient (Wildman–Crippen LogP) is 4.20. The molecule has 0 amide bonds. The Hall–Kier alpha value is -0.0700. The van der Waals surface area contributed by atoms with Gasteiger partial charge in [0, 0.05) is 0 Å². The molecule has 0 N–H and O–H groups in total. The minimum Gasteiger partial charge on any atom is -0.255 e. The fourth-order valence-electron chi connectivity index (χ4n) is 0.901. The molecule has 0 aliphatic heterocycles. The Bertz CT molecular complexity index is 46.1. The SMILES string of the molecule is CCC.CCC1CCC1.CF. The van der Waals surface area contributed by atoms with E-state index in [0.717, 1.165) is 5.92 Å². The minimum atomic E-state index is 0.500. The summed E-state index contributed by atoms with van der Waals surface area (Å²) in [5, 5.41) is 0. The van der Waals surface area contributed by atoms with Gasteiger partial charge in [-0.15, -0.1) is 0 Å². The molecule has 0 aromatic heterocycles. The van der Waals surface area contributed by atoms with Crippen LogP contribution in [-0.4, -0.2) is 7.18 Å². The van der Waals surface area contributed by atoms with E-state index in [0.29, 0.717) is 7.18 Å². The zero-order valence-electron chi connectivity index (χ0n) is 8.49. The van der Waals surface area contributed by atoms with Crippen LogP contribution in [0.4, 0.5) is 4.39 Å². The first-order valence-electron chi connectivity index (χ1n) is 4.72. The molecule has 0 unspecified atom stereocenters. The molecule has 0 heterocycles. The summed E-state index contributed by atoms with van der Waals surface area (Å²) in [5.74, 6) is 1.12. The largest absolute Gasteiger partial charge is 0.255 e. The van der Waals surface area contributed by atoms with Crippen molar-refractivity contribution >= 4 is 0 Å². The molecule has 0 radical (unpaired) electrons. The molecule has 0 spiro atoms. The van der Waals surface area contributed by atoms with Gasteiger partial charge < -0.3 is 0 Å². The van der Waals surface area contributed by atoms with Crippen molar-refractivity contribution in [2.24, 2.45) is 5.92 Å². The van der Waals surface area contributed by atoms with Crippen molar-refractivity contribution in [1.29, 1.82) is 0 Å². The number of alkyl halides is 1. The molecule has 0 bridgehead atoms. The maximum Gasteiger partial charge on any atom is 0.0785 e. The highest BCUT2D eigenvalue weighted by atomic mass is 19.1. The third-order valence-corrected chi connectivity index (χ3v) is 1.80. The molecule has 0 aromatic carbocycles. The van der Waals surface area contributed by atoms with Crippen LogP contribution in [-0.2, 0) is 0 Å². The van der Waals surface area contributed by atoms with Crippen LogP contribution in [0.3, 0.4) is 0 Å². The highest BCUT2D eigenvalue weighted by molar-refractivity contribution is 4.66. The number of hydrogen-bond acceptors (Lipinski definition) is 0. The van der Waals surface area contributed by atoms with E-state index in [2.05, 4.69) is 20.8 Å². The smallest absolute Gasteiger partial charge is 0.0785 e. The van der Waals surface area contributed by atoms with Crippen molar-refractivity contribution in [3.8, 4) is 0 Å². The Morgan fingerprint density at radius 1 is 1.09 bits per heavy atom. The fourth-order valence-corrected chi connectivity index (χ4v) is 0.901. The second kappa shape index (κ2) is 12.6. The molecule has 0 atom stereocenters.